The fraction of sp³-hybridized carbons (Fsp3) is 0.444. The third-order valence-electron chi connectivity index (χ3n) is 4.85. The van der Waals surface area contributed by atoms with E-state index >= 15 is 0 Å². The van der Waals surface area contributed by atoms with E-state index in [0.29, 0.717) is 11.1 Å². The maximum Gasteiger partial charge on any atom is 0.433 e. The Labute approximate surface area is 154 Å². The molecule has 138 valence electrons. The lowest BCUT2D eigenvalue weighted by Gasteiger charge is -2.60. The van der Waals surface area contributed by atoms with E-state index in [2.05, 4.69) is 19.2 Å². The van der Waals surface area contributed by atoms with Crippen LogP contribution in [0.3, 0.4) is 0 Å². The van der Waals surface area contributed by atoms with Gasteiger partial charge in [-0.25, -0.2) is 9.29 Å². The molecule has 2 aromatic rings. The number of nitrogens with zero attached hydrogens (tertiary/aromatic N) is 4. The molecule has 8 heteroatoms. The number of hydrogen-bond donors (Lipinski definition) is 0. The van der Waals surface area contributed by atoms with Crippen LogP contribution in [0.4, 0.5) is 13.2 Å². The van der Waals surface area contributed by atoms with Gasteiger partial charge in [-0.05, 0) is 48.7 Å². The van der Waals surface area contributed by atoms with Gasteiger partial charge in [0.15, 0.2) is 0 Å². The van der Waals surface area contributed by atoms with E-state index in [-0.39, 0.29) is 0 Å². The zero-order valence-corrected chi connectivity index (χ0v) is 15.1. The lowest BCUT2D eigenvalue weighted by Crippen LogP contribution is -2.70. The monoisotopic (exact) mass is 380 g/mol. The predicted molar refractivity (Wildman–Crippen MR) is 93.4 cm³/mol. The summed E-state index contributed by atoms with van der Waals surface area (Å²) in [4.78, 5) is 10.9. The maximum absolute atomic E-state index is 12.7. The number of aryl methyl sites for hydroxylation is 1. The highest BCUT2D eigenvalue weighted by atomic mass is 32.2. The first-order valence-corrected chi connectivity index (χ1v) is 9.19. The summed E-state index contributed by atoms with van der Waals surface area (Å²) < 4.78 is 40.3. The van der Waals surface area contributed by atoms with Crippen LogP contribution in [0.2, 0.25) is 0 Å². The van der Waals surface area contributed by atoms with Gasteiger partial charge in [-0.3, -0.25) is 9.88 Å². The summed E-state index contributed by atoms with van der Waals surface area (Å²) in [6.45, 7) is 6.63. The van der Waals surface area contributed by atoms with Crippen molar-refractivity contribution in [3.05, 3.63) is 53.6 Å². The van der Waals surface area contributed by atoms with Crippen LogP contribution in [0, 0.1) is 12.3 Å². The average Bonchev–Trinajstić information content (AvgIpc) is 2.52. The quantitative estimate of drug-likeness (QED) is 0.757. The summed E-state index contributed by atoms with van der Waals surface area (Å²) >= 11 is 1.51. The second kappa shape index (κ2) is 6.51. The number of alkyl halides is 3. The van der Waals surface area contributed by atoms with Crippen LogP contribution in [0.25, 0.3) is 0 Å². The topological polar surface area (TPSA) is 32.3 Å². The normalized spacial score (nSPS) is 20.0. The van der Waals surface area contributed by atoms with Gasteiger partial charge in [0.05, 0.1) is 5.69 Å². The van der Waals surface area contributed by atoms with E-state index in [0.717, 1.165) is 43.7 Å². The molecular weight excluding hydrogens is 361 g/mol. The number of pyridine rings is 2. The highest BCUT2D eigenvalue weighted by Crippen LogP contribution is 2.45. The summed E-state index contributed by atoms with van der Waals surface area (Å²) in [5, 5.41) is 0. The number of rotatable bonds is 4. The third kappa shape index (κ3) is 3.58. The Kier molecular flexibility index (Phi) is 4.45. The standard InChI is InChI=1S/C18H19F3N4S/c1-13-15(2-3-16(23-13)18(19,20)21)26-25-11-17(12-25)9-24(10-17)8-14-4-6-22-7-5-14/h2-7H,8-12H2,1H3. The molecule has 0 amide bonds. The summed E-state index contributed by atoms with van der Waals surface area (Å²) in [5.41, 5.74) is 1.21. The Balaban J connectivity index is 1.27. The third-order valence-corrected chi connectivity index (χ3v) is 6.00. The molecule has 0 unspecified atom stereocenters. The molecule has 1 spiro atoms. The Bertz CT molecular complexity index is 783. The molecule has 0 radical (unpaired) electrons. The Hall–Kier alpha value is -1.64. The fourth-order valence-electron chi connectivity index (χ4n) is 3.67. The van der Waals surface area contributed by atoms with Gasteiger partial charge in [0.25, 0.3) is 0 Å². The first-order valence-electron chi connectivity index (χ1n) is 8.42. The molecule has 26 heavy (non-hydrogen) atoms. The second-order valence-corrected chi connectivity index (χ2v) is 8.31. The highest BCUT2D eigenvalue weighted by Gasteiger charge is 2.51. The maximum atomic E-state index is 12.7. The first-order chi connectivity index (χ1) is 12.3. The van der Waals surface area contributed by atoms with E-state index in [1.54, 1.807) is 6.92 Å². The smallest absolute Gasteiger partial charge is 0.298 e. The van der Waals surface area contributed by atoms with Gasteiger partial charge >= 0.3 is 6.18 Å². The summed E-state index contributed by atoms with van der Waals surface area (Å²) in [5.74, 6) is 0. The van der Waals surface area contributed by atoms with Crippen molar-refractivity contribution in [2.24, 2.45) is 5.41 Å². The molecule has 0 aromatic carbocycles. The largest absolute Gasteiger partial charge is 0.433 e. The molecule has 2 fully saturated rings. The highest BCUT2D eigenvalue weighted by molar-refractivity contribution is 7.97. The zero-order chi connectivity index (χ0) is 18.4. The van der Waals surface area contributed by atoms with Gasteiger partial charge in [-0.2, -0.15) is 13.2 Å². The van der Waals surface area contributed by atoms with Gasteiger partial charge in [0, 0.05) is 55.4 Å². The predicted octanol–water partition coefficient (Wildman–Crippen LogP) is 3.63. The van der Waals surface area contributed by atoms with Crippen molar-refractivity contribution in [1.29, 1.82) is 0 Å². The zero-order valence-electron chi connectivity index (χ0n) is 14.3. The Morgan fingerprint density at radius 1 is 1.08 bits per heavy atom. The van der Waals surface area contributed by atoms with Crippen LogP contribution in [0.1, 0.15) is 17.0 Å². The van der Waals surface area contributed by atoms with Gasteiger partial charge in [0.1, 0.15) is 5.69 Å². The molecule has 0 atom stereocenters. The first kappa shape index (κ1) is 17.8. The SMILES string of the molecule is Cc1nc(C(F)(F)F)ccc1SN1CC2(CN(Cc3ccncc3)C2)C1. The van der Waals surface area contributed by atoms with Gasteiger partial charge in [-0.1, -0.05) is 0 Å². The average molecular weight is 380 g/mol. The number of likely N-dealkylation sites (tertiary alicyclic amines) is 1. The molecule has 0 N–H and O–H groups in total. The van der Waals surface area contributed by atoms with Crippen LogP contribution in [0.5, 0.6) is 0 Å². The van der Waals surface area contributed by atoms with Crippen LogP contribution in [-0.2, 0) is 12.7 Å². The number of hydrogen-bond acceptors (Lipinski definition) is 5. The molecule has 2 aromatic heterocycles. The lowest BCUT2D eigenvalue weighted by atomic mass is 9.74. The molecule has 4 nitrogen and oxygen atoms in total. The lowest BCUT2D eigenvalue weighted by molar-refractivity contribution is -0.141. The van der Waals surface area contributed by atoms with Gasteiger partial charge in [-0.15, -0.1) is 0 Å². The van der Waals surface area contributed by atoms with Crippen molar-refractivity contribution in [2.75, 3.05) is 26.2 Å². The second-order valence-electron chi connectivity index (χ2n) is 7.17. The van der Waals surface area contributed by atoms with Gasteiger partial charge < -0.3 is 0 Å². The molecule has 2 aliphatic rings. The van der Waals surface area contributed by atoms with Crippen molar-refractivity contribution >= 4 is 11.9 Å². The molecule has 2 saturated heterocycles. The Morgan fingerprint density at radius 3 is 2.38 bits per heavy atom. The van der Waals surface area contributed by atoms with E-state index in [1.165, 1.54) is 23.6 Å². The van der Waals surface area contributed by atoms with E-state index in [9.17, 15) is 13.2 Å². The minimum atomic E-state index is -4.39. The summed E-state index contributed by atoms with van der Waals surface area (Å²) in [6.07, 6.45) is -0.765. The molecule has 0 bridgehead atoms. The van der Waals surface area contributed by atoms with E-state index in [4.69, 9.17) is 0 Å². The van der Waals surface area contributed by atoms with Crippen LogP contribution in [0.15, 0.2) is 41.6 Å². The molecule has 4 heterocycles. The van der Waals surface area contributed by atoms with Crippen molar-refractivity contribution in [1.82, 2.24) is 19.2 Å². The van der Waals surface area contributed by atoms with Crippen LogP contribution in [-0.4, -0.2) is 45.4 Å². The van der Waals surface area contributed by atoms with E-state index in [1.807, 2.05) is 24.5 Å². The molecule has 0 aliphatic carbocycles. The van der Waals surface area contributed by atoms with Crippen molar-refractivity contribution in [2.45, 2.75) is 24.5 Å². The van der Waals surface area contributed by atoms with Crippen molar-refractivity contribution < 1.29 is 13.2 Å². The fourth-order valence-corrected chi connectivity index (χ4v) is 4.93. The minimum absolute atomic E-state index is 0.341. The number of halogens is 3. The number of aromatic nitrogens is 2. The molecule has 0 saturated carbocycles. The summed E-state index contributed by atoms with van der Waals surface area (Å²) in [6, 6.07) is 6.66. The minimum Gasteiger partial charge on any atom is -0.298 e. The van der Waals surface area contributed by atoms with Crippen molar-refractivity contribution in [3.8, 4) is 0 Å². The van der Waals surface area contributed by atoms with Crippen molar-refractivity contribution in [3.63, 3.8) is 0 Å². The molecular formula is C18H19F3N4S. The van der Waals surface area contributed by atoms with Crippen LogP contribution >= 0.6 is 11.9 Å². The van der Waals surface area contributed by atoms with E-state index < -0.39 is 11.9 Å². The Morgan fingerprint density at radius 2 is 1.77 bits per heavy atom. The van der Waals surface area contributed by atoms with Gasteiger partial charge in [0.2, 0.25) is 0 Å². The molecule has 2 aliphatic heterocycles. The molecule has 4 rings (SSSR count). The summed E-state index contributed by atoms with van der Waals surface area (Å²) in [7, 11) is 0. The van der Waals surface area contributed by atoms with Crippen LogP contribution < -0.4 is 0 Å².